The molecule has 1 fully saturated rings. The summed E-state index contributed by atoms with van der Waals surface area (Å²) in [4.78, 5) is 53.1. The van der Waals surface area contributed by atoms with E-state index in [2.05, 4.69) is 0 Å². The number of rotatable bonds is 3. The van der Waals surface area contributed by atoms with Crippen molar-refractivity contribution < 1.29 is 33.4 Å². The van der Waals surface area contributed by atoms with Gasteiger partial charge in [-0.2, -0.15) is 0 Å². The molecule has 0 aromatic heterocycles. The van der Waals surface area contributed by atoms with E-state index in [1.807, 2.05) is 0 Å². The average molecular weight is 466 g/mol. The minimum Gasteiger partial charge on any atom is -0.495 e. The van der Waals surface area contributed by atoms with Crippen LogP contribution in [0.5, 0.6) is 11.5 Å². The summed E-state index contributed by atoms with van der Waals surface area (Å²) < 4.78 is 15.5. The lowest BCUT2D eigenvalue weighted by Crippen LogP contribution is -2.39. The zero-order chi connectivity index (χ0) is 23.4. The first-order valence-corrected chi connectivity index (χ1v) is 10.9. The molecule has 10 heteroatoms. The fourth-order valence-corrected chi connectivity index (χ4v) is 5.79. The first-order valence-electron chi connectivity index (χ1n) is 9.99. The van der Waals surface area contributed by atoms with Crippen molar-refractivity contribution in [1.82, 2.24) is 0 Å². The zero-order valence-electron chi connectivity index (χ0n) is 17.6. The molecule has 3 aliphatic rings. The largest absolute Gasteiger partial charge is 0.495 e. The van der Waals surface area contributed by atoms with Gasteiger partial charge in [0.25, 0.3) is 0 Å². The van der Waals surface area contributed by atoms with Gasteiger partial charge in [-0.05, 0) is 24.3 Å². The van der Waals surface area contributed by atoms with E-state index >= 15 is 0 Å². The van der Waals surface area contributed by atoms with Gasteiger partial charge in [0.15, 0.2) is 0 Å². The molecule has 9 nitrogen and oxygen atoms in total. The monoisotopic (exact) mass is 466 g/mol. The number of hydrogen-bond acceptors (Lipinski definition) is 9. The van der Waals surface area contributed by atoms with E-state index in [1.54, 1.807) is 24.3 Å². The Kier molecular flexibility index (Phi) is 4.89. The number of benzene rings is 2. The molecular formula is C23H18N2O7S. The molecule has 2 aromatic carbocycles. The average Bonchev–Trinajstić information content (AvgIpc) is 3.07. The molecule has 3 heterocycles. The van der Waals surface area contributed by atoms with Crippen LogP contribution in [0.3, 0.4) is 0 Å². The Morgan fingerprint density at radius 2 is 1.85 bits per heavy atom. The van der Waals surface area contributed by atoms with Crippen LogP contribution in [-0.4, -0.2) is 43.2 Å². The molecule has 1 saturated heterocycles. The van der Waals surface area contributed by atoms with Gasteiger partial charge in [0, 0.05) is 11.5 Å². The highest BCUT2D eigenvalue weighted by molar-refractivity contribution is 8.04. The van der Waals surface area contributed by atoms with Gasteiger partial charge >= 0.3 is 11.9 Å². The van der Waals surface area contributed by atoms with Gasteiger partial charge < -0.3 is 19.9 Å². The summed E-state index contributed by atoms with van der Waals surface area (Å²) in [6, 6.07) is 11.2. The third kappa shape index (κ3) is 3.01. The molecular weight excluding hydrogens is 448 g/mol. The van der Waals surface area contributed by atoms with E-state index < -0.39 is 40.8 Å². The number of esters is 2. The normalized spacial score (nSPS) is 23.5. The van der Waals surface area contributed by atoms with Crippen LogP contribution in [0.1, 0.15) is 21.8 Å². The number of nitrogens with two attached hydrogens (primary N) is 1. The summed E-state index contributed by atoms with van der Waals surface area (Å²) in [5.74, 6) is -3.33. The molecule has 0 radical (unpaired) electrons. The van der Waals surface area contributed by atoms with E-state index in [9.17, 15) is 19.2 Å². The number of carbonyl (C=O) groups excluding carboxylic acids is 4. The highest BCUT2D eigenvalue weighted by Crippen LogP contribution is 2.55. The number of hydrogen-bond donors (Lipinski definition) is 1. The number of thioether (sulfide) groups is 1. The van der Waals surface area contributed by atoms with Gasteiger partial charge in [0.1, 0.15) is 16.7 Å². The van der Waals surface area contributed by atoms with Crippen molar-refractivity contribution in [2.45, 2.75) is 11.2 Å². The summed E-state index contributed by atoms with van der Waals surface area (Å²) in [5, 5.41) is -0.698. The minimum absolute atomic E-state index is 0.122. The highest BCUT2D eigenvalue weighted by Gasteiger charge is 2.59. The van der Waals surface area contributed by atoms with Gasteiger partial charge in [-0.3, -0.25) is 9.59 Å². The Hall–Kier alpha value is -3.79. The van der Waals surface area contributed by atoms with Gasteiger partial charge in [-0.1, -0.05) is 30.0 Å². The topological polar surface area (TPSA) is 125 Å². The molecule has 0 spiro atoms. The lowest BCUT2D eigenvalue weighted by molar-refractivity contribution is -0.131. The number of methoxy groups -OCH3 is 2. The van der Waals surface area contributed by atoms with Crippen molar-refractivity contribution in [2.24, 2.45) is 11.7 Å². The molecule has 0 aliphatic carbocycles. The Bertz CT molecular complexity index is 1270. The second-order valence-electron chi connectivity index (χ2n) is 7.64. The first-order chi connectivity index (χ1) is 15.9. The van der Waals surface area contributed by atoms with Crippen LogP contribution in [0, 0.1) is 5.92 Å². The smallest absolute Gasteiger partial charge is 0.342 e. The van der Waals surface area contributed by atoms with Crippen LogP contribution in [0.4, 0.5) is 5.69 Å². The van der Waals surface area contributed by atoms with E-state index in [-0.39, 0.29) is 27.6 Å². The molecule has 3 atom stereocenters. The maximum absolute atomic E-state index is 13.8. The van der Waals surface area contributed by atoms with Crippen LogP contribution >= 0.6 is 11.8 Å². The summed E-state index contributed by atoms with van der Waals surface area (Å²) in [5.41, 5.74) is 7.27. The second-order valence-corrected chi connectivity index (χ2v) is 8.82. The Labute approximate surface area is 192 Å². The molecule has 2 aromatic rings. The van der Waals surface area contributed by atoms with E-state index in [0.29, 0.717) is 11.3 Å². The number of nitrogens with zero attached hydrogens (tertiary/aromatic N) is 1. The number of ether oxygens (including phenoxy) is 3. The molecule has 0 bridgehead atoms. The predicted molar refractivity (Wildman–Crippen MR) is 118 cm³/mol. The fraction of sp³-hybridized carbons (Fsp3) is 0.217. The third-order valence-corrected chi connectivity index (χ3v) is 7.23. The van der Waals surface area contributed by atoms with E-state index in [0.717, 1.165) is 16.7 Å². The Morgan fingerprint density at radius 1 is 1.09 bits per heavy atom. The number of imide groups is 1. The van der Waals surface area contributed by atoms with Crippen molar-refractivity contribution >= 4 is 41.2 Å². The first kappa shape index (κ1) is 21.1. The predicted octanol–water partition coefficient (Wildman–Crippen LogP) is 1.96. The summed E-state index contributed by atoms with van der Waals surface area (Å²) in [6.45, 7) is 0. The van der Waals surface area contributed by atoms with Crippen molar-refractivity contribution in [2.75, 3.05) is 19.1 Å². The van der Waals surface area contributed by atoms with Crippen molar-refractivity contribution in [3.63, 3.8) is 0 Å². The fourth-order valence-electron chi connectivity index (χ4n) is 4.55. The van der Waals surface area contributed by atoms with Crippen LogP contribution < -0.4 is 20.1 Å². The van der Waals surface area contributed by atoms with Crippen LogP contribution in [0.25, 0.3) is 0 Å². The molecule has 5 rings (SSSR count). The maximum Gasteiger partial charge on any atom is 0.342 e. The number of amides is 2. The van der Waals surface area contributed by atoms with Crippen LogP contribution in [-0.2, 0) is 19.1 Å². The maximum atomic E-state index is 13.8. The molecule has 0 unspecified atom stereocenters. The van der Waals surface area contributed by atoms with Gasteiger partial charge in [0.05, 0.1) is 42.0 Å². The van der Waals surface area contributed by atoms with Crippen molar-refractivity contribution in [3.05, 3.63) is 64.2 Å². The number of anilines is 1. The van der Waals surface area contributed by atoms with Gasteiger partial charge in [-0.25, -0.2) is 14.5 Å². The lowest BCUT2D eigenvalue weighted by atomic mass is 9.77. The molecule has 3 aliphatic heterocycles. The molecule has 0 saturated carbocycles. The SMILES string of the molecule is COC(=O)c1ccc(OC)c(N2C(=O)[C@H]3[C@H](SC(N)=C4C(=O)Oc5ccccc5[C@H]43)C2=O)c1. The van der Waals surface area contributed by atoms with Crippen LogP contribution in [0.15, 0.2) is 53.1 Å². The Balaban J connectivity index is 1.65. The number of para-hydroxylation sites is 1. The summed E-state index contributed by atoms with van der Waals surface area (Å²) >= 11 is 0.972. The van der Waals surface area contributed by atoms with Gasteiger partial charge in [-0.15, -0.1) is 0 Å². The number of carbonyl (C=O) groups is 4. The van der Waals surface area contributed by atoms with Crippen LogP contribution in [0.2, 0.25) is 0 Å². The van der Waals surface area contributed by atoms with Gasteiger partial charge in [0.2, 0.25) is 11.8 Å². The Morgan fingerprint density at radius 3 is 2.58 bits per heavy atom. The number of fused-ring (bicyclic) bond motifs is 5. The van der Waals surface area contributed by atoms with Crippen molar-refractivity contribution in [1.29, 1.82) is 0 Å². The van der Waals surface area contributed by atoms with E-state index in [1.165, 1.54) is 32.4 Å². The molecule has 33 heavy (non-hydrogen) atoms. The second kappa shape index (κ2) is 7.66. The highest BCUT2D eigenvalue weighted by atomic mass is 32.2. The summed E-state index contributed by atoms with van der Waals surface area (Å²) in [7, 11) is 2.63. The third-order valence-electron chi connectivity index (χ3n) is 6.00. The van der Waals surface area contributed by atoms with Crippen molar-refractivity contribution in [3.8, 4) is 11.5 Å². The summed E-state index contributed by atoms with van der Waals surface area (Å²) in [6.07, 6.45) is 0. The molecule has 2 N–H and O–H groups in total. The lowest BCUT2D eigenvalue weighted by Gasteiger charge is -2.36. The van der Waals surface area contributed by atoms with E-state index in [4.69, 9.17) is 19.9 Å². The standard InChI is InChI=1S/C23H18N2O7S/c1-30-14-8-7-10(22(28)31-2)9-12(14)25-20(26)16-15-11-5-3-4-6-13(11)32-23(29)17(15)19(24)33-18(16)21(25)27/h3-9,15-16,18H,24H2,1-2H3/t15-,16+,18-/m0/s1. The molecule has 2 amide bonds. The quantitative estimate of drug-likeness (QED) is 0.410. The molecule has 168 valence electrons. The minimum atomic E-state index is -0.884. The zero-order valence-corrected chi connectivity index (χ0v) is 18.4.